The van der Waals surface area contributed by atoms with Crippen LogP contribution in [-0.2, 0) is 17.7 Å². The van der Waals surface area contributed by atoms with Crippen molar-refractivity contribution >= 4 is 17.6 Å². The molecule has 1 aromatic heterocycles. The smallest absolute Gasteiger partial charge is 0.222 e. The standard InChI is InChI=1S/C26H33N7O.C2H2/c1-3-22-6-8-23(9-7-22)20-29-26(33-15-17-34-18-16-33)30-21(2)31-11-13-32(14-12-31)25-24(19-27)5-4-10-28-25;1-2/h4-10H,3,11-18,20H2,1-2H3;1-2H/b29-26?,30-21+;. The maximum Gasteiger partial charge on any atom is 0.222 e. The van der Waals surface area contributed by atoms with Crippen molar-refractivity contribution in [3.63, 3.8) is 0 Å². The molecule has 188 valence electrons. The molecule has 2 fully saturated rings. The minimum Gasteiger partial charge on any atom is -0.378 e. The Bertz CT molecular complexity index is 1090. The van der Waals surface area contributed by atoms with Crippen LogP contribution in [0, 0.1) is 24.2 Å². The summed E-state index contributed by atoms with van der Waals surface area (Å²) in [4.78, 5) is 21.0. The lowest BCUT2D eigenvalue weighted by Crippen LogP contribution is -2.49. The van der Waals surface area contributed by atoms with E-state index in [-0.39, 0.29) is 0 Å². The lowest BCUT2D eigenvalue weighted by molar-refractivity contribution is 0.0674. The van der Waals surface area contributed by atoms with Gasteiger partial charge in [-0.05, 0) is 36.6 Å². The maximum absolute atomic E-state index is 9.40. The number of nitrogens with zero attached hydrogens (tertiary/aromatic N) is 7. The van der Waals surface area contributed by atoms with E-state index in [2.05, 4.69) is 76.7 Å². The number of piperazine rings is 1. The average Bonchev–Trinajstić information content (AvgIpc) is 2.97. The second kappa shape index (κ2) is 13.9. The number of guanidine groups is 1. The summed E-state index contributed by atoms with van der Waals surface area (Å²) in [7, 11) is 0. The number of aliphatic imine (C=N–C) groups is 2. The summed E-state index contributed by atoms with van der Waals surface area (Å²) >= 11 is 0. The van der Waals surface area contributed by atoms with Gasteiger partial charge in [0.2, 0.25) is 5.96 Å². The van der Waals surface area contributed by atoms with E-state index < -0.39 is 0 Å². The minimum absolute atomic E-state index is 0.609. The molecule has 0 bridgehead atoms. The fraction of sp³-hybridized carbons (Fsp3) is 0.429. The molecule has 4 rings (SSSR count). The second-order valence-electron chi connectivity index (χ2n) is 8.51. The first-order chi connectivity index (χ1) is 17.7. The number of pyridine rings is 1. The molecular formula is C28H35N7O. The van der Waals surface area contributed by atoms with Crippen LogP contribution in [-0.4, -0.2) is 79.1 Å². The Morgan fingerprint density at radius 3 is 2.31 bits per heavy atom. The number of nitriles is 1. The van der Waals surface area contributed by atoms with Gasteiger partial charge in [0.05, 0.1) is 25.3 Å². The van der Waals surface area contributed by atoms with Gasteiger partial charge in [-0.3, -0.25) is 0 Å². The number of aryl methyl sites for hydroxylation is 1. The maximum atomic E-state index is 9.40. The fourth-order valence-corrected chi connectivity index (χ4v) is 4.21. The highest BCUT2D eigenvalue weighted by Gasteiger charge is 2.22. The topological polar surface area (TPSA) is 80.3 Å². The Kier molecular flexibility index (Phi) is 10.3. The molecule has 0 N–H and O–H groups in total. The molecule has 2 aromatic rings. The van der Waals surface area contributed by atoms with Crippen LogP contribution in [0.3, 0.4) is 0 Å². The van der Waals surface area contributed by atoms with E-state index in [1.165, 1.54) is 11.1 Å². The summed E-state index contributed by atoms with van der Waals surface area (Å²) in [6.07, 6.45) is 10.8. The van der Waals surface area contributed by atoms with Crippen molar-refractivity contribution in [3.05, 3.63) is 59.3 Å². The average molecular weight is 486 g/mol. The van der Waals surface area contributed by atoms with Gasteiger partial charge >= 0.3 is 0 Å². The largest absolute Gasteiger partial charge is 0.378 e. The van der Waals surface area contributed by atoms with Crippen LogP contribution in [0.15, 0.2) is 52.6 Å². The quantitative estimate of drug-likeness (QED) is 0.376. The number of hydrogen-bond acceptors (Lipinski definition) is 5. The Hall–Kier alpha value is -3.88. The number of aromatic nitrogens is 1. The van der Waals surface area contributed by atoms with Crippen LogP contribution in [0.25, 0.3) is 0 Å². The summed E-state index contributed by atoms with van der Waals surface area (Å²) in [5.41, 5.74) is 3.14. The van der Waals surface area contributed by atoms with Gasteiger partial charge in [0.15, 0.2) is 0 Å². The van der Waals surface area contributed by atoms with Gasteiger partial charge < -0.3 is 19.4 Å². The number of morpholine rings is 1. The van der Waals surface area contributed by atoms with E-state index >= 15 is 0 Å². The van der Waals surface area contributed by atoms with Crippen LogP contribution in [0.4, 0.5) is 5.82 Å². The number of benzene rings is 1. The van der Waals surface area contributed by atoms with Gasteiger partial charge in [-0.25, -0.2) is 15.0 Å². The van der Waals surface area contributed by atoms with Crippen LogP contribution in [0.2, 0.25) is 0 Å². The highest BCUT2D eigenvalue weighted by Crippen LogP contribution is 2.18. The number of anilines is 1. The van der Waals surface area contributed by atoms with Crippen LogP contribution in [0.5, 0.6) is 0 Å². The molecule has 0 atom stereocenters. The molecule has 8 nitrogen and oxygen atoms in total. The highest BCUT2D eigenvalue weighted by atomic mass is 16.5. The second-order valence-corrected chi connectivity index (χ2v) is 8.51. The monoisotopic (exact) mass is 485 g/mol. The zero-order valence-corrected chi connectivity index (χ0v) is 21.3. The molecule has 0 saturated carbocycles. The number of terminal acetylenes is 1. The van der Waals surface area contributed by atoms with Crippen molar-refractivity contribution in [1.29, 1.82) is 5.26 Å². The third kappa shape index (κ3) is 7.07. The predicted molar refractivity (Wildman–Crippen MR) is 145 cm³/mol. The normalized spacial score (nSPS) is 16.7. The summed E-state index contributed by atoms with van der Waals surface area (Å²) < 4.78 is 5.54. The molecule has 8 heteroatoms. The predicted octanol–water partition coefficient (Wildman–Crippen LogP) is 3.19. The zero-order chi connectivity index (χ0) is 25.8. The first-order valence-corrected chi connectivity index (χ1v) is 12.4. The molecule has 2 aliphatic heterocycles. The van der Waals surface area contributed by atoms with Gasteiger partial charge in [-0.1, -0.05) is 31.2 Å². The van der Waals surface area contributed by atoms with Gasteiger partial charge in [0, 0.05) is 45.5 Å². The molecule has 0 radical (unpaired) electrons. The van der Waals surface area contributed by atoms with E-state index in [1.54, 1.807) is 12.3 Å². The number of amidine groups is 1. The van der Waals surface area contributed by atoms with Crippen molar-refractivity contribution in [3.8, 4) is 18.9 Å². The highest BCUT2D eigenvalue weighted by molar-refractivity contribution is 5.95. The van der Waals surface area contributed by atoms with E-state index in [0.29, 0.717) is 25.3 Å². The van der Waals surface area contributed by atoms with Crippen LogP contribution >= 0.6 is 0 Å². The van der Waals surface area contributed by atoms with Gasteiger partial charge in [0.1, 0.15) is 17.7 Å². The van der Waals surface area contributed by atoms with Crippen molar-refractivity contribution in [2.24, 2.45) is 9.98 Å². The summed E-state index contributed by atoms with van der Waals surface area (Å²) in [5.74, 6) is 2.51. The Morgan fingerprint density at radius 1 is 1.00 bits per heavy atom. The molecule has 3 heterocycles. The number of rotatable bonds is 4. The van der Waals surface area contributed by atoms with Gasteiger partial charge in [-0.2, -0.15) is 5.26 Å². The third-order valence-corrected chi connectivity index (χ3v) is 6.33. The number of hydrogen-bond donors (Lipinski definition) is 0. The minimum atomic E-state index is 0.609. The van der Waals surface area contributed by atoms with Crippen molar-refractivity contribution in [2.75, 3.05) is 57.4 Å². The molecule has 1 aromatic carbocycles. The lowest BCUT2D eigenvalue weighted by Gasteiger charge is -2.37. The fourth-order valence-electron chi connectivity index (χ4n) is 4.21. The Morgan fingerprint density at radius 2 is 1.67 bits per heavy atom. The molecule has 2 aliphatic rings. The van der Waals surface area contributed by atoms with E-state index in [4.69, 9.17) is 14.7 Å². The Labute approximate surface area is 214 Å². The SMILES string of the molecule is C#C.CCc1ccc(CN=C(/N=C(\C)N2CCN(c3ncccc3C#N)CC2)N2CCOCC2)cc1. The van der Waals surface area contributed by atoms with Crippen LogP contribution in [0.1, 0.15) is 30.5 Å². The number of ether oxygens (including phenoxy) is 1. The molecular weight excluding hydrogens is 450 g/mol. The zero-order valence-electron chi connectivity index (χ0n) is 21.3. The van der Waals surface area contributed by atoms with Gasteiger partial charge in [-0.15, -0.1) is 12.8 Å². The molecule has 36 heavy (non-hydrogen) atoms. The first kappa shape index (κ1) is 26.7. The van der Waals surface area contributed by atoms with E-state index in [1.807, 2.05) is 6.07 Å². The summed E-state index contributed by atoms with van der Waals surface area (Å²) in [5, 5.41) is 9.40. The van der Waals surface area contributed by atoms with E-state index in [0.717, 1.165) is 63.3 Å². The lowest BCUT2D eigenvalue weighted by atomic mass is 10.1. The van der Waals surface area contributed by atoms with Gasteiger partial charge in [0.25, 0.3) is 0 Å². The van der Waals surface area contributed by atoms with Crippen molar-refractivity contribution < 1.29 is 4.74 Å². The molecule has 0 unspecified atom stereocenters. The van der Waals surface area contributed by atoms with E-state index in [9.17, 15) is 5.26 Å². The summed E-state index contributed by atoms with van der Waals surface area (Å²) in [6, 6.07) is 14.5. The third-order valence-electron chi connectivity index (χ3n) is 6.33. The first-order valence-electron chi connectivity index (χ1n) is 12.4. The molecule has 0 aliphatic carbocycles. The van der Waals surface area contributed by atoms with Crippen LogP contribution < -0.4 is 4.90 Å². The molecule has 2 saturated heterocycles. The summed E-state index contributed by atoms with van der Waals surface area (Å²) in [6.45, 7) is 11.1. The van der Waals surface area contributed by atoms with Crippen molar-refractivity contribution in [2.45, 2.75) is 26.8 Å². The van der Waals surface area contributed by atoms with Crippen molar-refractivity contribution in [1.82, 2.24) is 14.8 Å². The molecule has 0 spiro atoms. The molecule has 0 amide bonds. The Balaban J connectivity index is 0.00000176.